The molecule has 170 valence electrons. The first kappa shape index (κ1) is 27.9. The van der Waals surface area contributed by atoms with Gasteiger partial charge in [0.25, 0.3) is 0 Å². The molecule has 3 aliphatic rings. The molecule has 3 nitrogen and oxygen atoms in total. The molecular weight excluding hydrogens is 505 g/mol. The van der Waals surface area contributed by atoms with Gasteiger partial charge < -0.3 is 0 Å². The van der Waals surface area contributed by atoms with Crippen molar-refractivity contribution in [2.75, 3.05) is 14.1 Å². The number of rotatable bonds is 6. The second-order valence-corrected chi connectivity index (χ2v) is 10.9. The van der Waals surface area contributed by atoms with Gasteiger partial charge in [0.05, 0.1) is 0 Å². The van der Waals surface area contributed by atoms with Crippen molar-refractivity contribution >= 4 is 20.9 Å². The van der Waals surface area contributed by atoms with Gasteiger partial charge in [0.2, 0.25) is 0 Å². The molecule has 0 amide bonds. The Hall–Kier alpha value is -0.311. The Morgan fingerprint density at radius 2 is 1.59 bits per heavy atom. The number of ether oxygens (including phenoxy) is 1. The summed E-state index contributed by atoms with van der Waals surface area (Å²) < 4.78 is 5.95. The molecule has 1 aromatic rings. The van der Waals surface area contributed by atoms with Crippen LogP contribution in [0, 0.1) is 62.1 Å². The molecule has 0 unspecified atom stereocenters. The van der Waals surface area contributed by atoms with Crippen molar-refractivity contribution in [3.8, 4) is 0 Å². The number of carbonyl (C=O) groups is 1. The summed E-state index contributed by atoms with van der Waals surface area (Å²) in [5.41, 5.74) is 0.652. The van der Waals surface area contributed by atoms with Crippen LogP contribution in [0.3, 0.4) is 0 Å². The van der Waals surface area contributed by atoms with Gasteiger partial charge in [-0.2, -0.15) is 0 Å². The van der Waals surface area contributed by atoms with E-state index in [9.17, 15) is 4.79 Å². The summed E-state index contributed by atoms with van der Waals surface area (Å²) in [5, 5.41) is 0. The molecule has 0 saturated heterocycles. The molecule has 32 heavy (non-hydrogen) atoms. The van der Waals surface area contributed by atoms with Gasteiger partial charge in [0.15, 0.2) is 0 Å². The van der Waals surface area contributed by atoms with Gasteiger partial charge in [0, 0.05) is 0 Å². The minimum atomic E-state index is -0.178. The summed E-state index contributed by atoms with van der Waals surface area (Å²) in [7, 11) is 4.25. The first-order valence-corrected chi connectivity index (χ1v) is 12.9. The van der Waals surface area contributed by atoms with E-state index >= 15 is 0 Å². The predicted molar refractivity (Wildman–Crippen MR) is 128 cm³/mol. The van der Waals surface area contributed by atoms with Crippen LogP contribution in [0.4, 0.5) is 0 Å². The van der Waals surface area contributed by atoms with Gasteiger partial charge in [-0.05, 0) is 32.1 Å². The summed E-state index contributed by atoms with van der Waals surface area (Å²) in [6.45, 7) is 2.25. The summed E-state index contributed by atoms with van der Waals surface area (Å²) in [6, 6.07) is 9.77. The smallest absolute Gasteiger partial charge is 0.0312 e. The Bertz CT molecular complexity index is 645. The molecule has 0 bridgehead atoms. The van der Waals surface area contributed by atoms with Crippen LogP contribution in [0.5, 0.6) is 0 Å². The van der Waals surface area contributed by atoms with Crippen molar-refractivity contribution in [3.05, 3.63) is 98.0 Å². The monoisotopic (exact) mass is 539 g/mol. The fraction of sp³-hybridized carbons (Fsp3) is 0.370. The summed E-state index contributed by atoms with van der Waals surface area (Å²) in [6.07, 6.45) is 21.3. The third-order valence-corrected chi connectivity index (χ3v) is 8.86. The SMILES string of the molecule is C[C@@H]([C]1[CH][CH][CH][C]1[Se][C@H]1CCCC[C@@H]1OC(=O)c1ccccc1)N(C)C.[CH]1[CH][CH][CH][CH]1.[Fe+2]. The molecule has 10 radical (unpaired) electrons. The topological polar surface area (TPSA) is 29.5 Å². The number of esters is 1. The molecule has 1 aromatic carbocycles. The van der Waals surface area contributed by atoms with Crippen LogP contribution in [-0.2, 0) is 21.8 Å². The predicted octanol–water partition coefficient (Wildman–Crippen LogP) is 4.98. The van der Waals surface area contributed by atoms with Crippen molar-refractivity contribution in [2.45, 2.75) is 49.6 Å². The molecule has 0 heterocycles. The van der Waals surface area contributed by atoms with E-state index in [-0.39, 0.29) is 29.1 Å². The van der Waals surface area contributed by atoms with Crippen LogP contribution in [0.15, 0.2) is 30.3 Å². The molecule has 0 spiro atoms. The van der Waals surface area contributed by atoms with Crippen LogP contribution < -0.4 is 0 Å². The molecule has 0 aliphatic heterocycles. The van der Waals surface area contributed by atoms with Crippen LogP contribution in [0.25, 0.3) is 0 Å². The summed E-state index contributed by atoms with van der Waals surface area (Å²) in [4.78, 5) is 16.7. The standard InChI is InChI=1S/C22H28NO2Se.C5H5.Fe/c1-16(23(2)3)18-12-9-15-20(18)26-21-14-8-7-13-19(21)25-22(24)17-10-5-4-6-11-17;1-2-4-5-3-1;/h4-6,9-12,15-16,19,21H,7-8,13-14H2,1-3H3;1-5H;/q;;+2/t16-,19-,21-;;/m0../s1. The fourth-order valence-corrected chi connectivity index (χ4v) is 6.86. The van der Waals surface area contributed by atoms with E-state index in [1.807, 2.05) is 62.4 Å². The number of carbonyl (C=O) groups excluding carboxylic acids is 1. The van der Waals surface area contributed by atoms with E-state index in [0.29, 0.717) is 31.4 Å². The first-order valence-electron chi connectivity index (χ1n) is 11.1. The van der Waals surface area contributed by atoms with Crippen LogP contribution in [-0.4, -0.2) is 52.1 Å². The maximum Gasteiger partial charge on any atom is 2.00 e. The second kappa shape index (κ2) is 14.8. The molecule has 0 aromatic heterocycles. The van der Waals surface area contributed by atoms with E-state index < -0.39 is 0 Å². The summed E-state index contributed by atoms with van der Waals surface area (Å²) in [5.74, 6) is 1.25. The normalized spacial score (nSPS) is 25.0. The Labute approximate surface area is 213 Å². The molecule has 3 fully saturated rings. The molecule has 0 N–H and O–H groups in total. The van der Waals surface area contributed by atoms with Gasteiger partial charge >= 0.3 is 182 Å². The number of hydrogen-bond acceptors (Lipinski definition) is 3. The third kappa shape index (κ3) is 8.48. The summed E-state index contributed by atoms with van der Waals surface area (Å²) >= 11 is 0.325. The molecular formula is C27H33FeNO2Se+2. The number of hydrogen-bond donors (Lipinski definition) is 0. The maximum absolute atomic E-state index is 12.5. The van der Waals surface area contributed by atoms with E-state index in [1.54, 1.807) is 0 Å². The minimum Gasteiger partial charge on any atom is -0.0312 e. The Kier molecular flexibility index (Phi) is 13.0. The molecule has 5 heteroatoms. The minimum absolute atomic E-state index is 0. The quantitative estimate of drug-likeness (QED) is 0.378. The first-order chi connectivity index (χ1) is 15.1. The van der Waals surface area contributed by atoms with Crippen molar-refractivity contribution in [1.29, 1.82) is 0 Å². The van der Waals surface area contributed by atoms with Gasteiger partial charge in [0.1, 0.15) is 0 Å². The molecule has 4 rings (SSSR count). The molecule has 3 atom stereocenters. The third-order valence-electron chi connectivity index (χ3n) is 5.78. The number of benzene rings is 1. The van der Waals surface area contributed by atoms with Crippen molar-refractivity contribution in [2.24, 2.45) is 0 Å². The Balaban J connectivity index is 0.000000534. The average molecular weight is 538 g/mol. The van der Waals surface area contributed by atoms with Crippen LogP contribution in [0.1, 0.15) is 43.0 Å². The second-order valence-electron chi connectivity index (χ2n) is 8.20. The van der Waals surface area contributed by atoms with Crippen molar-refractivity contribution < 1.29 is 26.6 Å². The van der Waals surface area contributed by atoms with Gasteiger partial charge in [-0.1, -0.05) is 0 Å². The Morgan fingerprint density at radius 3 is 2.22 bits per heavy atom. The van der Waals surface area contributed by atoms with Gasteiger partial charge in [-0.15, -0.1) is 0 Å². The van der Waals surface area contributed by atoms with E-state index in [1.165, 1.54) is 17.2 Å². The van der Waals surface area contributed by atoms with Crippen LogP contribution in [0.2, 0.25) is 4.82 Å². The van der Waals surface area contributed by atoms with Gasteiger partial charge in [-0.25, -0.2) is 0 Å². The van der Waals surface area contributed by atoms with Crippen molar-refractivity contribution in [3.63, 3.8) is 0 Å². The van der Waals surface area contributed by atoms with Crippen molar-refractivity contribution in [1.82, 2.24) is 4.90 Å². The zero-order valence-corrected chi connectivity index (χ0v) is 21.9. The van der Waals surface area contributed by atoms with E-state index in [2.05, 4.69) is 45.2 Å². The largest absolute Gasteiger partial charge is 2.00 e. The fourth-order valence-electron chi connectivity index (χ4n) is 3.74. The zero-order valence-electron chi connectivity index (χ0n) is 19.1. The molecule has 3 aliphatic carbocycles. The van der Waals surface area contributed by atoms with Crippen LogP contribution >= 0.6 is 0 Å². The van der Waals surface area contributed by atoms with E-state index in [4.69, 9.17) is 4.74 Å². The maximum atomic E-state index is 12.5. The Morgan fingerprint density at radius 1 is 0.969 bits per heavy atom. The number of nitrogens with zero attached hydrogens (tertiary/aromatic N) is 1. The van der Waals surface area contributed by atoms with Gasteiger partial charge in [-0.3, -0.25) is 0 Å². The van der Waals surface area contributed by atoms with E-state index in [0.717, 1.165) is 19.3 Å². The zero-order chi connectivity index (χ0) is 22.1. The average Bonchev–Trinajstić information content (AvgIpc) is 3.50. The molecule has 3 saturated carbocycles.